The minimum Gasteiger partial charge on any atom is -0.390 e. The Balaban J connectivity index is 1.54. The van der Waals surface area contributed by atoms with Crippen LogP contribution < -0.4 is 10.0 Å². The molecule has 1 unspecified atom stereocenters. The normalized spacial score (nSPS) is 15.5. The standard InChI is InChI=1S/C20H25N3O4S/c1-28(26,27)22-19-9-5-4-8-18(19)20(25)21-12-17(24)14-23-11-10-15-6-2-3-7-16(15)13-23/h2-9,17,22,24H,10-14H2,1H3,(H,21,25). The van der Waals surface area contributed by atoms with Crippen LogP contribution in [-0.2, 0) is 23.0 Å². The van der Waals surface area contributed by atoms with E-state index in [1.165, 1.54) is 23.3 Å². The molecule has 1 atom stereocenters. The molecule has 0 bridgehead atoms. The van der Waals surface area contributed by atoms with Crippen LogP contribution in [0.25, 0.3) is 0 Å². The van der Waals surface area contributed by atoms with Crippen LogP contribution in [0.3, 0.4) is 0 Å². The Kier molecular flexibility index (Phi) is 6.33. The Labute approximate surface area is 165 Å². The summed E-state index contributed by atoms with van der Waals surface area (Å²) in [5, 5.41) is 13.0. The first-order valence-corrected chi connectivity index (χ1v) is 11.0. The molecule has 0 saturated carbocycles. The van der Waals surface area contributed by atoms with E-state index in [9.17, 15) is 18.3 Å². The minimum absolute atomic E-state index is 0.0875. The molecule has 1 aliphatic heterocycles. The van der Waals surface area contributed by atoms with Crippen molar-refractivity contribution in [3.05, 3.63) is 65.2 Å². The van der Waals surface area contributed by atoms with Crippen molar-refractivity contribution in [2.75, 3.05) is 30.6 Å². The van der Waals surface area contributed by atoms with Gasteiger partial charge in [0, 0.05) is 26.2 Å². The van der Waals surface area contributed by atoms with Crippen molar-refractivity contribution in [2.24, 2.45) is 0 Å². The molecule has 7 nitrogen and oxygen atoms in total. The number of amides is 1. The van der Waals surface area contributed by atoms with Crippen molar-refractivity contribution in [3.63, 3.8) is 0 Å². The van der Waals surface area contributed by atoms with Gasteiger partial charge in [0.05, 0.1) is 23.6 Å². The highest BCUT2D eigenvalue weighted by atomic mass is 32.2. The number of hydrogen-bond donors (Lipinski definition) is 3. The maximum atomic E-state index is 12.4. The van der Waals surface area contributed by atoms with Gasteiger partial charge in [-0.3, -0.25) is 14.4 Å². The zero-order valence-corrected chi connectivity index (χ0v) is 16.6. The SMILES string of the molecule is CS(=O)(=O)Nc1ccccc1C(=O)NCC(O)CN1CCc2ccccc2C1. The molecule has 8 heteroatoms. The van der Waals surface area contributed by atoms with Crippen LogP contribution in [-0.4, -0.2) is 56.3 Å². The number of nitrogens with zero attached hydrogens (tertiary/aromatic N) is 1. The molecule has 0 aromatic heterocycles. The van der Waals surface area contributed by atoms with Crippen molar-refractivity contribution >= 4 is 21.6 Å². The monoisotopic (exact) mass is 403 g/mol. The van der Waals surface area contributed by atoms with Crippen molar-refractivity contribution in [1.29, 1.82) is 0 Å². The molecular weight excluding hydrogens is 378 g/mol. The van der Waals surface area contributed by atoms with Gasteiger partial charge in [0.25, 0.3) is 5.91 Å². The van der Waals surface area contributed by atoms with Gasteiger partial charge in [-0.2, -0.15) is 0 Å². The third kappa shape index (κ3) is 5.54. The van der Waals surface area contributed by atoms with Gasteiger partial charge in [0.15, 0.2) is 0 Å². The number of carbonyl (C=O) groups is 1. The van der Waals surface area contributed by atoms with E-state index in [1.807, 2.05) is 12.1 Å². The van der Waals surface area contributed by atoms with Gasteiger partial charge in [-0.1, -0.05) is 36.4 Å². The van der Waals surface area contributed by atoms with Crippen LogP contribution in [0.2, 0.25) is 0 Å². The first-order chi connectivity index (χ1) is 13.3. The third-order valence-corrected chi connectivity index (χ3v) is 5.23. The number of hydrogen-bond acceptors (Lipinski definition) is 5. The Hall–Kier alpha value is -2.42. The summed E-state index contributed by atoms with van der Waals surface area (Å²) in [5.41, 5.74) is 3.04. The number of sulfonamides is 1. The highest BCUT2D eigenvalue weighted by Crippen LogP contribution is 2.19. The van der Waals surface area contributed by atoms with Gasteiger partial charge in [0.1, 0.15) is 0 Å². The molecule has 3 rings (SSSR count). The fraction of sp³-hybridized carbons (Fsp3) is 0.350. The van der Waals surface area contributed by atoms with Crippen LogP contribution in [0, 0.1) is 0 Å². The van der Waals surface area contributed by atoms with E-state index in [4.69, 9.17) is 0 Å². The third-order valence-electron chi connectivity index (χ3n) is 4.64. The lowest BCUT2D eigenvalue weighted by Gasteiger charge is -2.30. The molecule has 2 aromatic carbocycles. The maximum absolute atomic E-state index is 12.4. The molecule has 0 spiro atoms. The molecule has 150 valence electrons. The number of anilines is 1. The second-order valence-electron chi connectivity index (χ2n) is 7.04. The summed E-state index contributed by atoms with van der Waals surface area (Å²) >= 11 is 0. The predicted molar refractivity (Wildman–Crippen MR) is 109 cm³/mol. The Morgan fingerprint density at radius 1 is 1.14 bits per heavy atom. The molecule has 2 aromatic rings. The summed E-state index contributed by atoms with van der Waals surface area (Å²) in [4.78, 5) is 14.6. The zero-order chi connectivity index (χ0) is 20.1. The first kappa shape index (κ1) is 20.3. The smallest absolute Gasteiger partial charge is 0.253 e. The number of rotatable bonds is 7. The summed E-state index contributed by atoms with van der Waals surface area (Å²) in [6, 6.07) is 14.6. The summed E-state index contributed by atoms with van der Waals surface area (Å²) < 4.78 is 25.3. The van der Waals surface area contributed by atoms with Crippen molar-refractivity contribution in [2.45, 2.75) is 19.1 Å². The first-order valence-electron chi connectivity index (χ1n) is 9.14. The average molecular weight is 404 g/mol. The number of β-amino-alcohol motifs (C(OH)–C–C–N with tert-alkyl or cyclic N) is 1. The molecule has 28 heavy (non-hydrogen) atoms. The largest absolute Gasteiger partial charge is 0.390 e. The molecule has 0 fully saturated rings. The second kappa shape index (κ2) is 8.72. The number of aliphatic hydroxyl groups excluding tert-OH is 1. The summed E-state index contributed by atoms with van der Waals surface area (Å²) in [5.74, 6) is -0.435. The van der Waals surface area contributed by atoms with Gasteiger partial charge in [-0.05, 0) is 29.7 Å². The summed E-state index contributed by atoms with van der Waals surface area (Å²) in [6.45, 7) is 2.19. The van der Waals surface area contributed by atoms with Gasteiger partial charge in [-0.15, -0.1) is 0 Å². The average Bonchev–Trinajstić information content (AvgIpc) is 2.65. The van der Waals surface area contributed by atoms with Gasteiger partial charge in [-0.25, -0.2) is 8.42 Å². The van der Waals surface area contributed by atoms with Crippen molar-refractivity contribution in [1.82, 2.24) is 10.2 Å². The number of fused-ring (bicyclic) bond motifs is 1. The maximum Gasteiger partial charge on any atom is 0.253 e. The number of benzene rings is 2. The lowest BCUT2D eigenvalue weighted by molar-refractivity contribution is 0.0842. The van der Waals surface area contributed by atoms with Crippen LogP contribution in [0.5, 0.6) is 0 Å². The summed E-state index contributed by atoms with van der Waals surface area (Å²) in [6.07, 6.45) is 1.26. The lowest BCUT2D eigenvalue weighted by atomic mass is 10.00. The molecular formula is C20H25N3O4S. The predicted octanol–water partition coefficient (Wildman–Crippen LogP) is 1.21. The molecule has 1 amide bonds. The molecule has 3 N–H and O–H groups in total. The molecule has 0 radical (unpaired) electrons. The number of aliphatic hydroxyl groups is 1. The van der Waals surface area contributed by atoms with E-state index in [1.54, 1.807) is 12.1 Å². The minimum atomic E-state index is -3.49. The summed E-state index contributed by atoms with van der Waals surface area (Å²) in [7, 11) is -3.49. The zero-order valence-electron chi connectivity index (χ0n) is 15.8. The Bertz CT molecular complexity index is 946. The van der Waals surface area contributed by atoms with E-state index in [0.717, 1.165) is 25.8 Å². The van der Waals surface area contributed by atoms with Crippen LogP contribution in [0.4, 0.5) is 5.69 Å². The second-order valence-corrected chi connectivity index (χ2v) is 8.79. The van der Waals surface area contributed by atoms with Crippen LogP contribution in [0.1, 0.15) is 21.5 Å². The highest BCUT2D eigenvalue weighted by molar-refractivity contribution is 7.92. The van der Waals surface area contributed by atoms with E-state index < -0.39 is 22.0 Å². The van der Waals surface area contributed by atoms with E-state index >= 15 is 0 Å². The molecule has 1 heterocycles. The Morgan fingerprint density at radius 3 is 2.57 bits per heavy atom. The Morgan fingerprint density at radius 2 is 1.82 bits per heavy atom. The molecule has 0 saturated heterocycles. The number of nitrogens with one attached hydrogen (secondary N) is 2. The van der Waals surface area contributed by atoms with E-state index in [0.29, 0.717) is 6.54 Å². The van der Waals surface area contributed by atoms with Crippen molar-refractivity contribution in [3.8, 4) is 0 Å². The molecule has 0 aliphatic carbocycles. The quantitative estimate of drug-likeness (QED) is 0.645. The van der Waals surface area contributed by atoms with Gasteiger partial charge < -0.3 is 10.4 Å². The van der Waals surface area contributed by atoms with E-state index in [2.05, 4.69) is 27.1 Å². The number of para-hydroxylation sites is 1. The fourth-order valence-electron chi connectivity index (χ4n) is 3.35. The number of carbonyl (C=O) groups excluding carboxylic acids is 1. The van der Waals surface area contributed by atoms with Gasteiger partial charge in [0.2, 0.25) is 10.0 Å². The topological polar surface area (TPSA) is 98.7 Å². The van der Waals surface area contributed by atoms with Crippen molar-refractivity contribution < 1.29 is 18.3 Å². The van der Waals surface area contributed by atoms with Crippen LogP contribution in [0.15, 0.2) is 48.5 Å². The van der Waals surface area contributed by atoms with Crippen LogP contribution >= 0.6 is 0 Å². The highest BCUT2D eigenvalue weighted by Gasteiger charge is 2.19. The lowest BCUT2D eigenvalue weighted by Crippen LogP contribution is -2.42. The molecule has 1 aliphatic rings. The fourth-order valence-corrected chi connectivity index (χ4v) is 3.93. The van der Waals surface area contributed by atoms with Gasteiger partial charge >= 0.3 is 0 Å². The van der Waals surface area contributed by atoms with E-state index in [-0.39, 0.29) is 17.8 Å².